The van der Waals surface area contributed by atoms with Crippen molar-refractivity contribution in [3.05, 3.63) is 48.0 Å². The van der Waals surface area contributed by atoms with Gasteiger partial charge in [-0.2, -0.15) is 0 Å². The molecule has 2 aromatic rings. The summed E-state index contributed by atoms with van der Waals surface area (Å²) in [4.78, 5) is 11.2. The summed E-state index contributed by atoms with van der Waals surface area (Å²) in [5, 5.41) is 18.4. The first-order valence-electron chi connectivity index (χ1n) is 9.06. The van der Waals surface area contributed by atoms with Gasteiger partial charge in [0.1, 0.15) is 29.4 Å². The highest BCUT2D eigenvalue weighted by atomic mass is 32.2. The summed E-state index contributed by atoms with van der Waals surface area (Å²) < 4.78 is 40.9. The summed E-state index contributed by atoms with van der Waals surface area (Å²) in [5.41, 5.74) is -0.279. The topological polar surface area (TPSA) is 119 Å². The molecule has 0 aliphatic heterocycles. The molecule has 2 N–H and O–H groups in total. The van der Waals surface area contributed by atoms with Crippen LogP contribution in [0.5, 0.6) is 17.2 Å². The van der Waals surface area contributed by atoms with Crippen LogP contribution in [-0.2, 0) is 14.6 Å². The zero-order valence-electron chi connectivity index (χ0n) is 16.0. The number of sulfone groups is 1. The van der Waals surface area contributed by atoms with Gasteiger partial charge in [-0.1, -0.05) is 0 Å². The number of carboxylic acids is 1. The van der Waals surface area contributed by atoms with E-state index in [1.807, 2.05) is 6.92 Å². The van der Waals surface area contributed by atoms with Crippen molar-refractivity contribution < 1.29 is 37.6 Å². The summed E-state index contributed by atoms with van der Waals surface area (Å²) in [6.07, 6.45) is 0.220. The van der Waals surface area contributed by atoms with Gasteiger partial charge in [-0.15, -0.1) is 0 Å². The highest BCUT2D eigenvalue weighted by molar-refractivity contribution is 7.91. The SMILES string of the molecule is CCOCCOc1ccc(S(=O)(=O)CCCOc2ccc(O)c(C(=O)O)c2)cc1. The highest BCUT2D eigenvalue weighted by Crippen LogP contribution is 2.23. The number of aromatic hydroxyl groups is 1. The Morgan fingerprint density at radius 1 is 0.966 bits per heavy atom. The molecule has 0 amide bonds. The molecule has 0 aliphatic carbocycles. The minimum atomic E-state index is -3.48. The zero-order chi connectivity index (χ0) is 21.3. The molecule has 0 heterocycles. The molecule has 0 fully saturated rings. The average Bonchev–Trinajstić information content (AvgIpc) is 2.70. The maximum atomic E-state index is 12.4. The molecule has 158 valence electrons. The molecule has 0 unspecified atom stereocenters. The summed E-state index contributed by atoms with van der Waals surface area (Å²) in [7, 11) is -3.48. The van der Waals surface area contributed by atoms with Gasteiger partial charge >= 0.3 is 5.97 Å². The second-order valence-corrected chi connectivity index (χ2v) is 8.13. The molecule has 0 aliphatic rings. The lowest BCUT2D eigenvalue weighted by Gasteiger charge is -2.09. The molecule has 8 nitrogen and oxygen atoms in total. The van der Waals surface area contributed by atoms with Crippen LogP contribution in [0, 0.1) is 0 Å². The van der Waals surface area contributed by atoms with Crippen LogP contribution in [-0.4, -0.2) is 56.8 Å². The molecule has 0 bridgehead atoms. The molecule has 0 radical (unpaired) electrons. The number of hydrogen-bond acceptors (Lipinski definition) is 7. The van der Waals surface area contributed by atoms with Crippen molar-refractivity contribution >= 4 is 15.8 Å². The van der Waals surface area contributed by atoms with E-state index >= 15 is 0 Å². The first kappa shape index (κ1) is 22.5. The minimum absolute atomic E-state index is 0.0850. The summed E-state index contributed by atoms with van der Waals surface area (Å²) in [5.74, 6) is -0.959. The number of aromatic carboxylic acids is 1. The lowest BCUT2D eigenvalue weighted by Crippen LogP contribution is -2.11. The van der Waals surface area contributed by atoms with E-state index in [0.717, 1.165) is 0 Å². The van der Waals surface area contributed by atoms with Crippen molar-refractivity contribution in [3.63, 3.8) is 0 Å². The predicted octanol–water partition coefficient (Wildman–Crippen LogP) is 2.75. The standard InChI is InChI=1S/C20H24O8S/c1-2-26-11-12-28-15-4-7-17(8-5-15)29(24,25)13-3-10-27-16-6-9-19(21)18(14-16)20(22)23/h4-9,14,21H,2-3,10-13H2,1H3,(H,22,23). The third-order valence-electron chi connectivity index (χ3n) is 3.91. The Hall–Kier alpha value is -2.78. The van der Waals surface area contributed by atoms with E-state index < -0.39 is 15.8 Å². The van der Waals surface area contributed by atoms with Crippen molar-refractivity contribution in [2.24, 2.45) is 0 Å². The van der Waals surface area contributed by atoms with Gasteiger partial charge in [0, 0.05) is 6.61 Å². The van der Waals surface area contributed by atoms with Crippen LogP contribution < -0.4 is 9.47 Å². The quantitative estimate of drug-likeness (QED) is 0.499. The number of carboxylic acid groups (broad SMARTS) is 1. The van der Waals surface area contributed by atoms with Gasteiger partial charge in [0.25, 0.3) is 0 Å². The van der Waals surface area contributed by atoms with Crippen LogP contribution in [0.25, 0.3) is 0 Å². The molecule has 2 aromatic carbocycles. The molecule has 0 saturated heterocycles. The second-order valence-electron chi connectivity index (χ2n) is 6.02. The fourth-order valence-corrected chi connectivity index (χ4v) is 3.72. The van der Waals surface area contributed by atoms with Gasteiger partial charge in [-0.25, -0.2) is 13.2 Å². The number of ether oxygens (including phenoxy) is 3. The Balaban J connectivity index is 1.84. The van der Waals surface area contributed by atoms with Gasteiger partial charge in [-0.3, -0.25) is 0 Å². The van der Waals surface area contributed by atoms with Crippen molar-refractivity contribution in [1.82, 2.24) is 0 Å². The van der Waals surface area contributed by atoms with E-state index in [9.17, 15) is 18.3 Å². The highest BCUT2D eigenvalue weighted by Gasteiger charge is 2.15. The van der Waals surface area contributed by atoms with Crippen LogP contribution in [0.1, 0.15) is 23.7 Å². The summed E-state index contributed by atoms with van der Waals surface area (Å²) in [6, 6.07) is 10.00. The summed E-state index contributed by atoms with van der Waals surface area (Å²) in [6.45, 7) is 3.44. The number of phenols is 1. The van der Waals surface area contributed by atoms with E-state index in [0.29, 0.717) is 25.6 Å². The smallest absolute Gasteiger partial charge is 0.339 e. The van der Waals surface area contributed by atoms with Crippen LogP contribution in [0.2, 0.25) is 0 Å². The van der Waals surface area contributed by atoms with Crippen LogP contribution in [0.15, 0.2) is 47.4 Å². The molecule has 2 rings (SSSR count). The normalized spacial score (nSPS) is 11.2. The van der Waals surface area contributed by atoms with Crippen molar-refractivity contribution in [2.75, 3.05) is 32.2 Å². The van der Waals surface area contributed by atoms with Crippen LogP contribution >= 0.6 is 0 Å². The minimum Gasteiger partial charge on any atom is -0.507 e. The Morgan fingerprint density at radius 3 is 2.28 bits per heavy atom. The monoisotopic (exact) mass is 424 g/mol. The number of benzene rings is 2. The maximum Gasteiger partial charge on any atom is 0.339 e. The van der Waals surface area contributed by atoms with Crippen LogP contribution in [0.3, 0.4) is 0 Å². The van der Waals surface area contributed by atoms with Gasteiger partial charge in [-0.05, 0) is 55.8 Å². The van der Waals surface area contributed by atoms with Crippen molar-refractivity contribution in [1.29, 1.82) is 0 Å². The molecular weight excluding hydrogens is 400 g/mol. The molecule has 0 spiro atoms. The van der Waals surface area contributed by atoms with Gasteiger partial charge in [0.05, 0.1) is 23.9 Å². The molecule has 0 saturated carbocycles. The molecular formula is C20H24O8S. The number of hydrogen-bond donors (Lipinski definition) is 2. The van der Waals surface area contributed by atoms with Gasteiger partial charge in [0.15, 0.2) is 9.84 Å². The second kappa shape index (κ2) is 10.7. The first-order chi connectivity index (χ1) is 13.8. The number of rotatable bonds is 12. The number of carbonyl (C=O) groups is 1. The lowest BCUT2D eigenvalue weighted by atomic mass is 10.2. The maximum absolute atomic E-state index is 12.4. The molecule has 0 atom stereocenters. The Kier molecular flexibility index (Phi) is 8.29. The van der Waals surface area contributed by atoms with Crippen molar-refractivity contribution in [3.8, 4) is 17.2 Å². The van der Waals surface area contributed by atoms with Gasteiger partial charge < -0.3 is 24.4 Å². The zero-order valence-corrected chi connectivity index (χ0v) is 16.9. The predicted molar refractivity (Wildman–Crippen MR) is 106 cm³/mol. The van der Waals surface area contributed by atoms with E-state index in [1.165, 1.54) is 30.3 Å². The van der Waals surface area contributed by atoms with Crippen molar-refractivity contribution in [2.45, 2.75) is 18.2 Å². The molecule has 9 heteroatoms. The molecule has 0 aromatic heterocycles. The van der Waals surface area contributed by atoms with Gasteiger partial charge in [0.2, 0.25) is 0 Å². The van der Waals surface area contributed by atoms with Crippen LogP contribution in [0.4, 0.5) is 0 Å². The van der Waals surface area contributed by atoms with E-state index in [2.05, 4.69) is 0 Å². The fourth-order valence-electron chi connectivity index (χ4n) is 2.44. The molecule has 29 heavy (non-hydrogen) atoms. The van der Waals surface area contributed by atoms with E-state index in [4.69, 9.17) is 19.3 Å². The largest absolute Gasteiger partial charge is 0.507 e. The van der Waals surface area contributed by atoms with E-state index in [-0.39, 0.29) is 40.7 Å². The average molecular weight is 424 g/mol. The lowest BCUT2D eigenvalue weighted by molar-refractivity contribution is 0.0693. The Labute approximate surface area is 169 Å². The van der Waals surface area contributed by atoms with E-state index in [1.54, 1.807) is 12.1 Å². The Morgan fingerprint density at radius 2 is 1.62 bits per heavy atom. The first-order valence-corrected chi connectivity index (χ1v) is 10.7. The fraction of sp³-hybridized carbons (Fsp3) is 0.350. The third-order valence-corrected chi connectivity index (χ3v) is 5.72. The third kappa shape index (κ3) is 6.95. The Bertz CT molecular complexity index is 907. The summed E-state index contributed by atoms with van der Waals surface area (Å²) >= 11 is 0.